The van der Waals surface area contributed by atoms with Crippen LogP contribution in [0.2, 0.25) is 0 Å². The van der Waals surface area contributed by atoms with Crippen LogP contribution in [0.5, 0.6) is 0 Å². The summed E-state index contributed by atoms with van der Waals surface area (Å²) in [6.07, 6.45) is 0.931. The molecule has 0 amide bonds. The lowest BCUT2D eigenvalue weighted by molar-refractivity contribution is 0.395. The maximum absolute atomic E-state index is 13.1. The Balaban J connectivity index is 2.34. The average molecular weight is 238 g/mol. The molecular formula is C14H23FN2. The lowest BCUT2D eigenvalue weighted by Gasteiger charge is -2.24. The number of aryl methyl sites for hydroxylation is 1. The van der Waals surface area contributed by atoms with E-state index < -0.39 is 0 Å². The minimum atomic E-state index is -0.127. The van der Waals surface area contributed by atoms with E-state index in [2.05, 4.69) is 24.5 Å². The molecule has 0 fully saturated rings. The molecule has 0 heterocycles. The third-order valence-corrected chi connectivity index (χ3v) is 3.06. The first-order chi connectivity index (χ1) is 7.94. The highest BCUT2D eigenvalue weighted by Crippen LogP contribution is 2.09. The Bertz CT molecular complexity index is 361. The summed E-state index contributed by atoms with van der Waals surface area (Å²) in [5, 5.41) is 6.65. The van der Waals surface area contributed by atoms with Crippen molar-refractivity contribution in [1.29, 1.82) is 0 Å². The molecule has 0 aliphatic rings. The molecule has 0 radical (unpaired) electrons. The lowest BCUT2D eigenvalue weighted by atomic mass is 10.1. The largest absolute Gasteiger partial charge is 0.315 e. The van der Waals surface area contributed by atoms with E-state index in [1.54, 1.807) is 13.0 Å². The second-order valence-corrected chi connectivity index (χ2v) is 5.14. The van der Waals surface area contributed by atoms with Crippen LogP contribution in [0.1, 0.15) is 25.0 Å². The number of rotatable bonds is 6. The van der Waals surface area contributed by atoms with Gasteiger partial charge in [-0.05, 0) is 58.0 Å². The fourth-order valence-electron chi connectivity index (χ4n) is 1.58. The molecule has 1 aromatic rings. The Kier molecular flexibility index (Phi) is 5.09. The molecule has 2 N–H and O–H groups in total. The van der Waals surface area contributed by atoms with E-state index >= 15 is 0 Å². The number of benzene rings is 1. The zero-order valence-electron chi connectivity index (χ0n) is 11.2. The van der Waals surface area contributed by atoms with Gasteiger partial charge in [-0.3, -0.25) is 0 Å². The van der Waals surface area contributed by atoms with E-state index in [-0.39, 0.29) is 11.4 Å². The van der Waals surface area contributed by atoms with Gasteiger partial charge in [-0.2, -0.15) is 0 Å². The van der Waals surface area contributed by atoms with Crippen LogP contribution in [0.25, 0.3) is 0 Å². The van der Waals surface area contributed by atoms with Gasteiger partial charge in [0.15, 0.2) is 0 Å². The maximum atomic E-state index is 13.1. The molecule has 0 bridgehead atoms. The van der Waals surface area contributed by atoms with E-state index in [0.29, 0.717) is 0 Å². The number of hydrogen-bond acceptors (Lipinski definition) is 2. The van der Waals surface area contributed by atoms with Gasteiger partial charge in [0.25, 0.3) is 0 Å². The van der Waals surface area contributed by atoms with Crippen molar-refractivity contribution < 1.29 is 4.39 Å². The number of nitrogens with one attached hydrogen (secondary N) is 2. The highest BCUT2D eigenvalue weighted by Gasteiger charge is 2.12. The summed E-state index contributed by atoms with van der Waals surface area (Å²) >= 11 is 0. The molecule has 1 rings (SSSR count). The summed E-state index contributed by atoms with van der Waals surface area (Å²) in [5.41, 5.74) is 2.01. The third-order valence-electron chi connectivity index (χ3n) is 3.06. The van der Waals surface area contributed by atoms with Gasteiger partial charge < -0.3 is 10.6 Å². The molecule has 3 heteroatoms. The van der Waals surface area contributed by atoms with E-state index in [4.69, 9.17) is 0 Å². The third kappa shape index (κ3) is 4.84. The molecule has 0 aliphatic heterocycles. The van der Waals surface area contributed by atoms with Crippen LogP contribution in [0.4, 0.5) is 4.39 Å². The predicted octanol–water partition coefficient (Wildman–Crippen LogP) is 2.26. The highest BCUT2D eigenvalue weighted by molar-refractivity contribution is 5.24. The fraction of sp³-hybridized carbons (Fsp3) is 0.571. The molecule has 17 heavy (non-hydrogen) atoms. The normalized spacial score (nSPS) is 11.8. The fourth-order valence-corrected chi connectivity index (χ4v) is 1.58. The Morgan fingerprint density at radius 1 is 1.29 bits per heavy atom. The van der Waals surface area contributed by atoms with Gasteiger partial charge in [0, 0.05) is 12.1 Å². The summed E-state index contributed by atoms with van der Waals surface area (Å²) < 4.78 is 13.1. The van der Waals surface area contributed by atoms with Crippen molar-refractivity contribution in [3.05, 3.63) is 35.1 Å². The lowest BCUT2D eigenvalue weighted by Crippen LogP contribution is -2.46. The van der Waals surface area contributed by atoms with Crippen LogP contribution in [0.3, 0.4) is 0 Å². The Morgan fingerprint density at radius 2 is 2.00 bits per heavy atom. The van der Waals surface area contributed by atoms with Crippen molar-refractivity contribution >= 4 is 0 Å². The molecular weight excluding hydrogens is 215 g/mol. The van der Waals surface area contributed by atoms with Crippen LogP contribution in [0.15, 0.2) is 18.2 Å². The number of likely N-dealkylation sites (N-methyl/N-ethyl adjacent to an activating group) is 1. The minimum absolute atomic E-state index is 0.110. The first kappa shape index (κ1) is 14.1. The second kappa shape index (κ2) is 6.12. The van der Waals surface area contributed by atoms with E-state index in [0.717, 1.165) is 25.1 Å². The summed E-state index contributed by atoms with van der Waals surface area (Å²) in [7, 11) is 1.96. The van der Waals surface area contributed by atoms with Crippen LogP contribution < -0.4 is 10.6 Å². The zero-order chi connectivity index (χ0) is 12.9. The second-order valence-electron chi connectivity index (χ2n) is 5.14. The summed E-state index contributed by atoms with van der Waals surface area (Å²) in [6.45, 7) is 7.94. The summed E-state index contributed by atoms with van der Waals surface area (Å²) in [6, 6.07) is 5.32. The van der Waals surface area contributed by atoms with Gasteiger partial charge >= 0.3 is 0 Å². The van der Waals surface area contributed by atoms with Crippen LogP contribution >= 0.6 is 0 Å². The van der Waals surface area contributed by atoms with Crippen molar-refractivity contribution in [3.63, 3.8) is 0 Å². The van der Waals surface area contributed by atoms with Crippen LogP contribution in [0, 0.1) is 12.7 Å². The van der Waals surface area contributed by atoms with Crippen LogP contribution in [-0.4, -0.2) is 25.7 Å². The standard InChI is InChI=1S/C14H23FN2/c1-11-9-12(5-6-13(11)15)7-8-17-10-14(2,3)16-4/h5-6,9,16-17H,7-8,10H2,1-4H3. The topological polar surface area (TPSA) is 24.1 Å². The quantitative estimate of drug-likeness (QED) is 0.743. The number of halogens is 1. The molecule has 0 saturated heterocycles. The first-order valence-corrected chi connectivity index (χ1v) is 6.09. The molecule has 96 valence electrons. The molecule has 2 nitrogen and oxygen atoms in total. The molecule has 0 saturated carbocycles. The Morgan fingerprint density at radius 3 is 2.59 bits per heavy atom. The van der Waals surface area contributed by atoms with E-state index in [1.165, 1.54) is 5.56 Å². The van der Waals surface area contributed by atoms with Gasteiger partial charge in [-0.25, -0.2) is 4.39 Å². The van der Waals surface area contributed by atoms with Gasteiger partial charge in [-0.15, -0.1) is 0 Å². The van der Waals surface area contributed by atoms with Gasteiger partial charge in [0.2, 0.25) is 0 Å². The van der Waals surface area contributed by atoms with Crippen molar-refractivity contribution in [2.24, 2.45) is 0 Å². The van der Waals surface area contributed by atoms with Gasteiger partial charge in [-0.1, -0.05) is 12.1 Å². The Hall–Kier alpha value is -0.930. The van der Waals surface area contributed by atoms with E-state index in [9.17, 15) is 4.39 Å². The maximum Gasteiger partial charge on any atom is 0.126 e. The summed E-state index contributed by atoms with van der Waals surface area (Å²) in [5.74, 6) is -0.127. The molecule has 0 aromatic heterocycles. The van der Waals surface area contributed by atoms with Gasteiger partial charge in [0.05, 0.1) is 0 Å². The average Bonchev–Trinajstić information content (AvgIpc) is 2.29. The van der Waals surface area contributed by atoms with Crippen molar-refractivity contribution in [2.45, 2.75) is 32.7 Å². The van der Waals surface area contributed by atoms with Crippen molar-refractivity contribution in [1.82, 2.24) is 10.6 Å². The monoisotopic (exact) mass is 238 g/mol. The zero-order valence-corrected chi connectivity index (χ0v) is 11.2. The molecule has 0 spiro atoms. The van der Waals surface area contributed by atoms with Crippen LogP contribution in [-0.2, 0) is 6.42 Å². The molecule has 0 atom stereocenters. The van der Waals surface area contributed by atoms with Crippen molar-refractivity contribution in [2.75, 3.05) is 20.1 Å². The SMILES string of the molecule is CNC(C)(C)CNCCc1ccc(F)c(C)c1. The summed E-state index contributed by atoms with van der Waals surface area (Å²) in [4.78, 5) is 0. The Labute approximate surface area is 104 Å². The van der Waals surface area contributed by atoms with Gasteiger partial charge in [0.1, 0.15) is 5.82 Å². The predicted molar refractivity (Wildman–Crippen MR) is 70.8 cm³/mol. The minimum Gasteiger partial charge on any atom is -0.315 e. The van der Waals surface area contributed by atoms with Crippen molar-refractivity contribution in [3.8, 4) is 0 Å². The molecule has 0 unspecified atom stereocenters. The molecule has 1 aromatic carbocycles. The highest BCUT2D eigenvalue weighted by atomic mass is 19.1. The van der Waals surface area contributed by atoms with E-state index in [1.807, 2.05) is 19.2 Å². The first-order valence-electron chi connectivity index (χ1n) is 6.09. The number of hydrogen-bond donors (Lipinski definition) is 2. The smallest absolute Gasteiger partial charge is 0.126 e. The molecule has 0 aliphatic carbocycles.